The molecular weight excluding hydrogens is 220 g/mol. The van der Waals surface area contributed by atoms with Gasteiger partial charge in [0, 0.05) is 6.54 Å². The van der Waals surface area contributed by atoms with E-state index in [4.69, 9.17) is 8.94 Å². The van der Waals surface area contributed by atoms with E-state index in [0.29, 0.717) is 29.3 Å². The Labute approximate surface area is 98.8 Å². The Morgan fingerprint density at radius 2 is 2.35 bits per heavy atom. The number of carbonyl (C=O) groups excluding carboxylic acids is 1. The van der Waals surface area contributed by atoms with E-state index in [1.54, 1.807) is 19.1 Å². The minimum atomic E-state index is -0.183. The number of furan rings is 1. The Morgan fingerprint density at radius 1 is 1.53 bits per heavy atom. The number of amides is 1. The summed E-state index contributed by atoms with van der Waals surface area (Å²) in [5.74, 6) is 0.838. The highest BCUT2D eigenvalue weighted by molar-refractivity contribution is 6.00. The van der Waals surface area contributed by atoms with Gasteiger partial charge in [-0.15, -0.1) is 0 Å². The van der Waals surface area contributed by atoms with Crippen molar-refractivity contribution in [1.29, 1.82) is 0 Å². The van der Waals surface area contributed by atoms with Crippen LogP contribution in [0, 0.1) is 6.92 Å². The van der Waals surface area contributed by atoms with E-state index in [-0.39, 0.29) is 5.91 Å². The number of hydrogen-bond acceptors (Lipinski definition) is 4. The highest BCUT2D eigenvalue weighted by Crippen LogP contribution is 2.25. The van der Waals surface area contributed by atoms with Crippen LogP contribution in [0.2, 0.25) is 0 Å². The van der Waals surface area contributed by atoms with E-state index >= 15 is 0 Å². The zero-order chi connectivity index (χ0) is 12.3. The maximum Gasteiger partial charge on any atom is 0.257 e. The van der Waals surface area contributed by atoms with Gasteiger partial charge in [0.05, 0.1) is 6.26 Å². The first-order chi connectivity index (χ1) is 8.24. The number of aryl methyl sites for hydroxylation is 1. The van der Waals surface area contributed by atoms with Gasteiger partial charge in [-0.05, 0) is 25.5 Å². The average molecular weight is 234 g/mol. The minimum Gasteiger partial charge on any atom is -0.463 e. The molecule has 0 saturated carbocycles. The zero-order valence-electron chi connectivity index (χ0n) is 9.82. The summed E-state index contributed by atoms with van der Waals surface area (Å²) in [4.78, 5) is 11.9. The van der Waals surface area contributed by atoms with Crippen molar-refractivity contribution >= 4 is 5.91 Å². The molecule has 17 heavy (non-hydrogen) atoms. The molecule has 0 aliphatic rings. The van der Waals surface area contributed by atoms with Gasteiger partial charge in [0.15, 0.2) is 11.5 Å². The summed E-state index contributed by atoms with van der Waals surface area (Å²) >= 11 is 0. The van der Waals surface area contributed by atoms with Crippen LogP contribution in [0.5, 0.6) is 0 Å². The number of hydrogen-bond donors (Lipinski definition) is 1. The summed E-state index contributed by atoms with van der Waals surface area (Å²) in [5.41, 5.74) is 0.884. The van der Waals surface area contributed by atoms with Gasteiger partial charge in [-0.2, -0.15) is 0 Å². The lowest BCUT2D eigenvalue weighted by Crippen LogP contribution is -2.24. The minimum absolute atomic E-state index is 0.183. The lowest BCUT2D eigenvalue weighted by atomic mass is 10.1. The van der Waals surface area contributed by atoms with Gasteiger partial charge in [-0.3, -0.25) is 4.79 Å². The fraction of sp³-hybridized carbons (Fsp3) is 0.333. The number of carbonyl (C=O) groups is 1. The van der Waals surface area contributed by atoms with Gasteiger partial charge in [0.25, 0.3) is 5.91 Å². The van der Waals surface area contributed by atoms with E-state index in [9.17, 15) is 4.79 Å². The number of rotatable bonds is 4. The third-order valence-electron chi connectivity index (χ3n) is 2.38. The fourth-order valence-electron chi connectivity index (χ4n) is 1.55. The first-order valence-electron chi connectivity index (χ1n) is 5.52. The second kappa shape index (κ2) is 4.86. The molecule has 2 aromatic heterocycles. The van der Waals surface area contributed by atoms with Gasteiger partial charge in [0.1, 0.15) is 11.3 Å². The van der Waals surface area contributed by atoms with Crippen LogP contribution in [0.25, 0.3) is 11.5 Å². The molecule has 5 nitrogen and oxygen atoms in total. The Balaban J connectivity index is 2.33. The molecule has 0 radical (unpaired) electrons. The van der Waals surface area contributed by atoms with Crippen molar-refractivity contribution in [2.24, 2.45) is 0 Å². The molecule has 0 aliphatic carbocycles. The van der Waals surface area contributed by atoms with Crippen LogP contribution < -0.4 is 5.32 Å². The second-order valence-electron chi connectivity index (χ2n) is 3.70. The standard InChI is InChI=1S/C12H14N2O3/c1-3-6-13-12(15)10-8(2)17-14-11(10)9-5-4-7-16-9/h4-5,7H,3,6H2,1-2H3,(H,13,15). The molecule has 2 rings (SSSR count). The lowest BCUT2D eigenvalue weighted by Gasteiger charge is -2.02. The Morgan fingerprint density at radius 3 is 3.00 bits per heavy atom. The van der Waals surface area contributed by atoms with Gasteiger partial charge >= 0.3 is 0 Å². The summed E-state index contributed by atoms with van der Waals surface area (Å²) in [5, 5.41) is 6.66. The molecule has 0 spiro atoms. The van der Waals surface area contributed by atoms with Crippen LogP contribution in [0.4, 0.5) is 0 Å². The summed E-state index contributed by atoms with van der Waals surface area (Å²) in [6.07, 6.45) is 2.42. The highest BCUT2D eigenvalue weighted by Gasteiger charge is 2.22. The number of aromatic nitrogens is 1. The van der Waals surface area contributed by atoms with Crippen LogP contribution in [0.3, 0.4) is 0 Å². The summed E-state index contributed by atoms with van der Waals surface area (Å²) in [6, 6.07) is 3.49. The molecular formula is C12H14N2O3. The molecule has 0 atom stereocenters. The van der Waals surface area contributed by atoms with Crippen LogP contribution >= 0.6 is 0 Å². The summed E-state index contributed by atoms with van der Waals surface area (Å²) in [7, 11) is 0. The quantitative estimate of drug-likeness (QED) is 0.881. The van der Waals surface area contributed by atoms with Crippen molar-refractivity contribution in [3.63, 3.8) is 0 Å². The van der Waals surface area contributed by atoms with Gasteiger partial charge < -0.3 is 14.3 Å². The Hall–Kier alpha value is -2.04. The maximum atomic E-state index is 11.9. The zero-order valence-corrected chi connectivity index (χ0v) is 9.82. The topological polar surface area (TPSA) is 68.3 Å². The van der Waals surface area contributed by atoms with E-state index in [0.717, 1.165) is 6.42 Å². The molecule has 2 aromatic rings. The second-order valence-corrected chi connectivity index (χ2v) is 3.70. The first-order valence-corrected chi connectivity index (χ1v) is 5.52. The largest absolute Gasteiger partial charge is 0.463 e. The van der Waals surface area contributed by atoms with Crippen LogP contribution in [0.15, 0.2) is 27.3 Å². The predicted octanol–water partition coefficient (Wildman–Crippen LogP) is 2.38. The van der Waals surface area contributed by atoms with E-state index < -0.39 is 0 Å². The molecule has 5 heteroatoms. The van der Waals surface area contributed by atoms with E-state index in [1.807, 2.05) is 6.92 Å². The average Bonchev–Trinajstić information content (AvgIpc) is 2.94. The highest BCUT2D eigenvalue weighted by atomic mass is 16.5. The van der Waals surface area contributed by atoms with Crippen molar-refractivity contribution < 1.29 is 13.7 Å². The molecule has 0 aromatic carbocycles. The van der Waals surface area contributed by atoms with Crippen molar-refractivity contribution in [2.75, 3.05) is 6.54 Å². The van der Waals surface area contributed by atoms with Gasteiger partial charge in [-0.1, -0.05) is 12.1 Å². The van der Waals surface area contributed by atoms with Crippen molar-refractivity contribution in [1.82, 2.24) is 10.5 Å². The van der Waals surface area contributed by atoms with Crippen molar-refractivity contribution in [2.45, 2.75) is 20.3 Å². The predicted molar refractivity (Wildman–Crippen MR) is 61.6 cm³/mol. The van der Waals surface area contributed by atoms with Crippen molar-refractivity contribution in [3.8, 4) is 11.5 Å². The normalized spacial score (nSPS) is 10.5. The fourth-order valence-corrected chi connectivity index (χ4v) is 1.55. The molecule has 0 unspecified atom stereocenters. The van der Waals surface area contributed by atoms with Gasteiger partial charge in [0.2, 0.25) is 0 Å². The Bertz CT molecular complexity index is 500. The first kappa shape index (κ1) is 11.4. The molecule has 90 valence electrons. The number of nitrogens with one attached hydrogen (secondary N) is 1. The van der Waals surface area contributed by atoms with Crippen molar-refractivity contribution in [3.05, 3.63) is 29.7 Å². The molecule has 0 fully saturated rings. The maximum absolute atomic E-state index is 11.9. The Kier molecular flexibility index (Phi) is 3.27. The monoisotopic (exact) mass is 234 g/mol. The number of nitrogens with zero attached hydrogens (tertiary/aromatic N) is 1. The van der Waals surface area contributed by atoms with Crippen LogP contribution in [0.1, 0.15) is 29.5 Å². The molecule has 0 saturated heterocycles. The van der Waals surface area contributed by atoms with E-state index in [1.165, 1.54) is 6.26 Å². The van der Waals surface area contributed by atoms with Crippen LogP contribution in [-0.2, 0) is 0 Å². The summed E-state index contributed by atoms with van der Waals surface area (Å²) in [6.45, 7) is 4.33. The van der Waals surface area contributed by atoms with Gasteiger partial charge in [-0.25, -0.2) is 0 Å². The molecule has 1 amide bonds. The third-order valence-corrected chi connectivity index (χ3v) is 2.38. The smallest absolute Gasteiger partial charge is 0.257 e. The SMILES string of the molecule is CCCNC(=O)c1c(-c2ccco2)noc1C. The summed E-state index contributed by atoms with van der Waals surface area (Å²) < 4.78 is 10.3. The molecule has 2 heterocycles. The third kappa shape index (κ3) is 2.22. The van der Waals surface area contributed by atoms with E-state index in [2.05, 4.69) is 10.5 Å². The van der Waals surface area contributed by atoms with Crippen LogP contribution in [-0.4, -0.2) is 17.6 Å². The lowest BCUT2D eigenvalue weighted by molar-refractivity contribution is 0.0952. The molecule has 1 N–H and O–H groups in total. The molecule has 0 bridgehead atoms. The molecule has 0 aliphatic heterocycles.